The highest BCUT2D eigenvalue weighted by Crippen LogP contribution is 2.37. The van der Waals surface area contributed by atoms with Crippen LogP contribution < -0.4 is 0 Å². The molecule has 0 N–H and O–H groups in total. The molecule has 0 unspecified atom stereocenters. The largest absolute Gasteiger partial charge is 0.459 e. The average molecular weight is 235 g/mol. The van der Waals surface area contributed by atoms with Crippen LogP contribution in [-0.2, 0) is 9.53 Å². The minimum absolute atomic E-state index is 0.0864. The zero-order chi connectivity index (χ0) is 9.35. The van der Waals surface area contributed by atoms with Crippen molar-refractivity contribution in [1.82, 2.24) is 0 Å². The third-order valence-corrected chi connectivity index (χ3v) is 2.79. The number of alkyl halides is 1. The van der Waals surface area contributed by atoms with E-state index in [2.05, 4.69) is 15.9 Å². The van der Waals surface area contributed by atoms with Gasteiger partial charge in [0.2, 0.25) is 0 Å². The van der Waals surface area contributed by atoms with Crippen molar-refractivity contribution in [3.63, 3.8) is 0 Å². The fourth-order valence-corrected chi connectivity index (χ4v) is 1.56. The molecule has 0 aliphatic heterocycles. The number of esters is 1. The Morgan fingerprint density at radius 3 is 2.33 bits per heavy atom. The summed E-state index contributed by atoms with van der Waals surface area (Å²) >= 11 is 3.35. The van der Waals surface area contributed by atoms with Crippen molar-refractivity contribution in [2.75, 3.05) is 0 Å². The average Bonchev–Trinajstić information content (AvgIpc) is 2.62. The third kappa shape index (κ3) is 3.13. The van der Waals surface area contributed by atoms with E-state index < -0.39 is 0 Å². The van der Waals surface area contributed by atoms with E-state index in [4.69, 9.17) is 4.74 Å². The molecule has 0 spiro atoms. The number of carbonyl (C=O) groups excluding carboxylic acids is 1. The highest BCUT2D eigenvalue weighted by Gasteiger charge is 2.36. The Morgan fingerprint density at radius 2 is 2.00 bits per heavy atom. The normalized spacial score (nSPS) is 20.3. The molecular weight excluding hydrogens is 220 g/mol. The Hall–Kier alpha value is -0.0500. The summed E-state index contributed by atoms with van der Waals surface area (Å²) in [6, 6.07) is 0. The molecule has 1 aliphatic rings. The Bertz CT molecular complexity index is 179. The Labute approximate surface area is 81.8 Å². The minimum atomic E-state index is -0.363. The standard InChI is InChI=1S/C9H15BrO2/c1-9(2,3)12-8(11)7(10)6-4-5-6/h6-7H,4-5H2,1-3H3/t7-/m1/s1. The van der Waals surface area contributed by atoms with E-state index in [1.807, 2.05) is 20.8 Å². The predicted molar refractivity (Wildman–Crippen MR) is 51.3 cm³/mol. The topological polar surface area (TPSA) is 26.3 Å². The summed E-state index contributed by atoms with van der Waals surface area (Å²) in [5.41, 5.74) is -0.363. The van der Waals surface area contributed by atoms with Gasteiger partial charge in [0.1, 0.15) is 10.4 Å². The van der Waals surface area contributed by atoms with Crippen molar-refractivity contribution >= 4 is 21.9 Å². The first-order chi connectivity index (χ1) is 5.40. The van der Waals surface area contributed by atoms with Crippen LogP contribution in [0.25, 0.3) is 0 Å². The van der Waals surface area contributed by atoms with Crippen LogP contribution in [0.4, 0.5) is 0 Å². The van der Waals surface area contributed by atoms with E-state index in [9.17, 15) is 4.79 Å². The predicted octanol–water partition coefficient (Wildman–Crippen LogP) is 2.50. The lowest BCUT2D eigenvalue weighted by Crippen LogP contribution is -2.29. The molecule has 0 saturated heterocycles. The fourth-order valence-electron chi connectivity index (χ4n) is 0.939. The molecular formula is C9H15BrO2. The van der Waals surface area contributed by atoms with Gasteiger partial charge in [-0.3, -0.25) is 4.79 Å². The van der Waals surface area contributed by atoms with E-state index in [1.54, 1.807) is 0 Å². The number of hydrogen-bond donors (Lipinski definition) is 0. The first kappa shape index (κ1) is 10.0. The second kappa shape index (κ2) is 3.36. The number of halogens is 1. The van der Waals surface area contributed by atoms with Crippen LogP contribution in [-0.4, -0.2) is 16.4 Å². The molecule has 2 nitrogen and oxygen atoms in total. The summed E-state index contributed by atoms with van der Waals surface area (Å²) in [5.74, 6) is 0.393. The maximum Gasteiger partial charge on any atom is 0.320 e. The zero-order valence-electron chi connectivity index (χ0n) is 7.76. The summed E-state index contributed by atoms with van der Waals surface area (Å²) in [6.07, 6.45) is 2.30. The number of ether oxygens (including phenoxy) is 1. The second-order valence-corrected chi connectivity index (χ2v) is 5.26. The molecule has 12 heavy (non-hydrogen) atoms. The van der Waals surface area contributed by atoms with Gasteiger partial charge in [0.25, 0.3) is 0 Å². The molecule has 1 atom stereocenters. The van der Waals surface area contributed by atoms with Crippen molar-refractivity contribution < 1.29 is 9.53 Å². The van der Waals surface area contributed by atoms with Gasteiger partial charge >= 0.3 is 5.97 Å². The third-order valence-electron chi connectivity index (χ3n) is 1.67. The van der Waals surface area contributed by atoms with Crippen molar-refractivity contribution in [3.05, 3.63) is 0 Å². The molecule has 0 aromatic heterocycles. The molecule has 0 heterocycles. The van der Waals surface area contributed by atoms with Crippen molar-refractivity contribution in [1.29, 1.82) is 0 Å². The van der Waals surface area contributed by atoms with Crippen LogP contribution in [0.5, 0.6) is 0 Å². The van der Waals surface area contributed by atoms with Gasteiger partial charge in [-0.25, -0.2) is 0 Å². The first-order valence-corrected chi connectivity index (χ1v) is 5.18. The van der Waals surface area contributed by atoms with Crippen LogP contribution >= 0.6 is 15.9 Å². The zero-order valence-corrected chi connectivity index (χ0v) is 9.35. The van der Waals surface area contributed by atoms with E-state index in [-0.39, 0.29) is 16.4 Å². The molecule has 1 aliphatic carbocycles. The molecule has 0 aromatic rings. The van der Waals surface area contributed by atoms with E-state index >= 15 is 0 Å². The van der Waals surface area contributed by atoms with Gasteiger partial charge < -0.3 is 4.74 Å². The molecule has 0 aromatic carbocycles. The van der Waals surface area contributed by atoms with Gasteiger partial charge in [-0.2, -0.15) is 0 Å². The maximum atomic E-state index is 11.4. The lowest BCUT2D eigenvalue weighted by atomic mass is 10.2. The molecule has 1 saturated carbocycles. The van der Waals surface area contributed by atoms with E-state index in [1.165, 1.54) is 0 Å². The minimum Gasteiger partial charge on any atom is -0.459 e. The highest BCUT2D eigenvalue weighted by molar-refractivity contribution is 9.10. The molecule has 70 valence electrons. The second-order valence-electron chi connectivity index (χ2n) is 4.27. The molecule has 3 heteroatoms. The lowest BCUT2D eigenvalue weighted by molar-refractivity contribution is -0.154. The van der Waals surface area contributed by atoms with Crippen molar-refractivity contribution in [2.45, 2.75) is 44.0 Å². The Kier molecular flexibility index (Phi) is 2.81. The molecule has 0 bridgehead atoms. The van der Waals surface area contributed by atoms with Crippen molar-refractivity contribution in [2.24, 2.45) is 5.92 Å². The number of hydrogen-bond acceptors (Lipinski definition) is 2. The maximum absolute atomic E-state index is 11.4. The Morgan fingerprint density at radius 1 is 1.50 bits per heavy atom. The van der Waals surface area contributed by atoms with Crippen molar-refractivity contribution in [3.8, 4) is 0 Å². The summed E-state index contributed by atoms with van der Waals surface area (Å²) in [7, 11) is 0. The molecule has 1 fully saturated rings. The van der Waals surface area contributed by atoms with Gasteiger partial charge in [0.05, 0.1) is 0 Å². The van der Waals surface area contributed by atoms with Gasteiger partial charge in [0.15, 0.2) is 0 Å². The SMILES string of the molecule is CC(C)(C)OC(=O)[C@H](Br)C1CC1. The molecule has 0 radical (unpaired) electrons. The van der Waals surface area contributed by atoms with Crippen LogP contribution in [0.15, 0.2) is 0 Å². The van der Waals surface area contributed by atoms with E-state index in [0.29, 0.717) is 5.92 Å². The van der Waals surface area contributed by atoms with Gasteiger partial charge in [-0.05, 0) is 39.5 Å². The fraction of sp³-hybridized carbons (Fsp3) is 0.889. The van der Waals surface area contributed by atoms with Crippen LogP contribution in [0.2, 0.25) is 0 Å². The Balaban J connectivity index is 2.36. The van der Waals surface area contributed by atoms with Crippen LogP contribution in [0.3, 0.4) is 0 Å². The number of rotatable bonds is 2. The smallest absolute Gasteiger partial charge is 0.320 e. The summed E-state index contributed by atoms with van der Waals surface area (Å²) in [6.45, 7) is 5.66. The number of carbonyl (C=O) groups is 1. The quantitative estimate of drug-likeness (QED) is 0.543. The molecule has 0 amide bonds. The van der Waals surface area contributed by atoms with E-state index in [0.717, 1.165) is 12.8 Å². The van der Waals surface area contributed by atoms with Gasteiger partial charge in [-0.1, -0.05) is 15.9 Å². The van der Waals surface area contributed by atoms with Gasteiger partial charge in [0, 0.05) is 0 Å². The van der Waals surface area contributed by atoms with Crippen LogP contribution in [0, 0.1) is 5.92 Å². The highest BCUT2D eigenvalue weighted by atomic mass is 79.9. The monoisotopic (exact) mass is 234 g/mol. The first-order valence-electron chi connectivity index (χ1n) is 4.27. The summed E-state index contributed by atoms with van der Waals surface area (Å²) in [4.78, 5) is 11.3. The summed E-state index contributed by atoms with van der Waals surface area (Å²) < 4.78 is 5.21. The van der Waals surface area contributed by atoms with Crippen LogP contribution in [0.1, 0.15) is 33.6 Å². The summed E-state index contributed by atoms with van der Waals surface area (Å²) in [5, 5.41) is 0. The molecule has 1 rings (SSSR count). The van der Waals surface area contributed by atoms with Gasteiger partial charge in [-0.15, -0.1) is 0 Å². The lowest BCUT2D eigenvalue weighted by Gasteiger charge is -2.21.